The number of ketones is 2. The molecule has 4 unspecified atom stereocenters. The quantitative estimate of drug-likeness (QED) is 0.412. The van der Waals surface area contributed by atoms with Gasteiger partial charge in [0.2, 0.25) is 0 Å². The highest BCUT2D eigenvalue weighted by atomic mass is 35.5. The molecule has 1 fully saturated rings. The Morgan fingerprint density at radius 1 is 1.33 bits per heavy atom. The summed E-state index contributed by atoms with van der Waals surface area (Å²) in [4.78, 5) is 25.2. The molecule has 140 valence electrons. The van der Waals surface area contributed by atoms with Crippen LogP contribution in [0.25, 0.3) is 5.57 Å². The number of carbonyl (C=O) groups excluding carboxylic acids is 2. The van der Waals surface area contributed by atoms with E-state index in [1.54, 1.807) is 6.07 Å². The molecule has 1 aromatic rings. The van der Waals surface area contributed by atoms with Gasteiger partial charge < -0.3 is 4.74 Å². The van der Waals surface area contributed by atoms with Gasteiger partial charge in [0.25, 0.3) is 0 Å². The Kier molecular flexibility index (Phi) is 5.79. The summed E-state index contributed by atoms with van der Waals surface area (Å²) in [6, 6.07) is 3.58. The SMILES string of the molecule is C#CCC1CC(=O)C(c2c(Cl)cc(C3=CC(C)C(Cl)C=C3)cc2OC)C1=O. The predicted molar refractivity (Wildman–Crippen MR) is 108 cm³/mol. The van der Waals surface area contributed by atoms with Gasteiger partial charge in [-0.05, 0) is 29.2 Å². The lowest BCUT2D eigenvalue weighted by Gasteiger charge is -2.20. The third-order valence-corrected chi connectivity index (χ3v) is 6.01. The summed E-state index contributed by atoms with van der Waals surface area (Å²) in [6.07, 6.45) is 11.7. The Morgan fingerprint density at radius 2 is 2.07 bits per heavy atom. The van der Waals surface area contributed by atoms with Crippen molar-refractivity contribution >= 4 is 40.3 Å². The van der Waals surface area contributed by atoms with Gasteiger partial charge in [-0.1, -0.05) is 36.8 Å². The van der Waals surface area contributed by atoms with Gasteiger partial charge in [-0.2, -0.15) is 0 Å². The molecule has 0 heterocycles. The lowest BCUT2D eigenvalue weighted by Crippen LogP contribution is -2.17. The summed E-state index contributed by atoms with van der Waals surface area (Å²) in [5, 5.41) is 0.291. The lowest BCUT2D eigenvalue weighted by atomic mass is 9.89. The van der Waals surface area contributed by atoms with Gasteiger partial charge in [0, 0.05) is 29.3 Å². The van der Waals surface area contributed by atoms with E-state index in [9.17, 15) is 9.59 Å². The van der Waals surface area contributed by atoms with Crippen molar-refractivity contribution in [3.63, 3.8) is 0 Å². The Morgan fingerprint density at radius 3 is 2.70 bits per heavy atom. The Balaban J connectivity index is 2.03. The van der Waals surface area contributed by atoms with Crippen molar-refractivity contribution in [2.45, 2.75) is 31.1 Å². The van der Waals surface area contributed by atoms with Crippen LogP contribution in [-0.2, 0) is 9.59 Å². The number of alkyl halides is 1. The fraction of sp³-hybridized carbons (Fsp3) is 0.364. The predicted octanol–water partition coefficient (Wildman–Crippen LogP) is 4.81. The van der Waals surface area contributed by atoms with Crippen LogP contribution in [-0.4, -0.2) is 24.1 Å². The van der Waals surface area contributed by atoms with E-state index in [0.29, 0.717) is 16.3 Å². The molecule has 3 nitrogen and oxygen atoms in total. The average Bonchev–Trinajstić information content (AvgIpc) is 2.91. The minimum absolute atomic E-state index is 0.0489. The summed E-state index contributed by atoms with van der Waals surface area (Å²) in [5.74, 6) is 1.38. The van der Waals surface area contributed by atoms with Gasteiger partial charge in [0.05, 0.1) is 12.5 Å². The van der Waals surface area contributed by atoms with E-state index in [4.69, 9.17) is 34.4 Å². The molecule has 1 aromatic carbocycles. The molecule has 27 heavy (non-hydrogen) atoms. The molecule has 4 atom stereocenters. The van der Waals surface area contributed by atoms with E-state index in [-0.39, 0.29) is 35.7 Å². The normalized spacial score (nSPS) is 27.4. The van der Waals surface area contributed by atoms with Crippen LogP contribution in [0.3, 0.4) is 0 Å². The zero-order chi connectivity index (χ0) is 19.7. The fourth-order valence-electron chi connectivity index (χ4n) is 3.68. The maximum absolute atomic E-state index is 12.7. The lowest BCUT2D eigenvalue weighted by molar-refractivity contribution is -0.124. The number of benzene rings is 1. The highest BCUT2D eigenvalue weighted by Crippen LogP contribution is 2.43. The molecule has 0 aliphatic heterocycles. The first-order valence-corrected chi connectivity index (χ1v) is 9.60. The molecule has 0 N–H and O–H groups in total. The molecular weight excluding hydrogens is 383 g/mol. The summed E-state index contributed by atoms with van der Waals surface area (Å²) in [6.45, 7) is 2.04. The van der Waals surface area contributed by atoms with Crippen LogP contribution in [0.1, 0.15) is 36.8 Å². The second-order valence-corrected chi connectivity index (χ2v) is 7.88. The minimum atomic E-state index is -0.915. The molecule has 0 amide bonds. The molecule has 0 bridgehead atoms. The second kappa shape index (κ2) is 7.92. The van der Waals surface area contributed by atoms with E-state index < -0.39 is 11.8 Å². The number of methoxy groups -OCH3 is 1. The molecular formula is C22H20Cl2O3. The summed E-state index contributed by atoms with van der Waals surface area (Å²) >= 11 is 12.8. The van der Waals surface area contributed by atoms with E-state index >= 15 is 0 Å². The third-order valence-electron chi connectivity index (χ3n) is 5.16. The van der Waals surface area contributed by atoms with Crippen LogP contribution in [0.4, 0.5) is 0 Å². The summed E-state index contributed by atoms with van der Waals surface area (Å²) in [5.41, 5.74) is 2.26. The molecule has 0 spiro atoms. The van der Waals surface area contributed by atoms with Crippen LogP contribution in [0.2, 0.25) is 5.02 Å². The topological polar surface area (TPSA) is 43.4 Å². The van der Waals surface area contributed by atoms with Crippen molar-refractivity contribution in [3.8, 4) is 18.1 Å². The Bertz CT molecular complexity index is 892. The monoisotopic (exact) mass is 402 g/mol. The summed E-state index contributed by atoms with van der Waals surface area (Å²) < 4.78 is 5.50. The largest absolute Gasteiger partial charge is 0.496 e. The Labute approximate surface area is 169 Å². The van der Waals surface area contributed by atoms with Gasteiger partial charge in [0.15, 0.2) is 5.78 Å². The number of rotatable bonds is 4. The molecule has 0 aromatic heterocycles. The van der Waals surface area contributed by atoms with Crippen molar-refractivity contribution in [2.24, 2.45) is 11.8 Å². The van der Waals surface area contributed by atoms with Crippen molar-refractivity contribution < 1.29 is 14.3 Å². The number of allylic oxidation sites excluding steroid dienone is 4. The zero-order valence-corrected chi connectivity index (χ0v) is 16.7. The number of carbonyl (C=O) groups is 2. The number of Topliss-reactive ketones (excluding diaryl/α,β-unsaturated/α-hetero) is 2. The molecule has 2 aliphatic rings. The van der Waals surface area contributed by atoms with Crippen LogP contribution in [0, 0.1) is 24.2 Å². The van der Waals surface area contributed by atoms with Gasteiger partial charge in [-0.15, -0.1) is 23.9 Å². The van der Waals surface area contributed by atoms with Crippen molar-refractivity contribution in [2.75, 3.05) is 7.11 Å². The van der Waals surface area contributed by atoms with Crippen LogP contribution < -0.4 is 4.74 Å². The van der Waals surface area contributed by atoms with E-state index in [2.05, 4.69) is 12.0 Å². The first-order chi connectivity index (χ1) is 12.9. The maximum atomic E-state index is 12.7. The molecule has 2 aliphatic carbocycles. The van der Waals surface area contributed by atoms with Crippen LogP contribution in [0.15, 0.2) is 30.4 Å². The van der Waals surface area contributed by atoms with Crippen molar-refractivity contribution in [1.29, 1.82) is 0 Å². The van der Waals surface area contributed by atoms with Gasteiger partial charge >= 0.3 is 0 Å². The van der Waals surface area contributed by atoms with E-state index in [1.165, 1.54) is 7.11 Å². The molecule has 0 saturated heterocycles. The second-order valence-electron chi connectivity index (χ2n) is 6.97. The number of terminal acetylenes is 1. The molecule has 3 rings (SSSR count). The van der Waals surface area contributed by atoms with Crippen LogP contribution in [0.5, 0.6) is 5.75 Å². The number of hydrogen-bond acceptors (Lipinski definition) is 3. The van der Waals surface area contributed by atoms with Crippen LogP contribution >= 0.6 is 23.2 Å². The smallest absolute Gasteiger partial charge is 0.152 e. The number of hydrogen-bond donors (Lipinski definition) is 0. The molecule has 1 saturated carbocycles. The highest BCUT2D eigenvalue weighted by Gasteiger charge is 2.43. The minimum Gasteiger partial charge on any atom is -0.496 e. The fourth-order valence-corrected chi connectivity index (χ4v) is 4.14. The van der Waals surface area contributed by atoms with E-state index in [0.717, 1.165) is 11.1 Å². The molecule has 0 radical (unpaired) electrons. The number of ether oxygens (including phenoxy) is 1. The Hall–Kier alpha value is -2.02. The summed E-state index contributed by atoms with van der Waals surface area (Å²) in [7, 11) is 1.50. The first-order valence-electron chi connectivity index (χ1n) is 8.79. The van der Waals surface area contributed by atoms with Crippen molar-refractivity contribution in [1.82, 2.24) is 0 Å². The number of halogens is 2. The average molecular weight is 403 g/mol. The van der Waals surface area contributed by atoms with Gasteiger partial charge in [-0.25, -0.2) is 0 Å². The standard InChI is InChI=1S/C22H20Cl2O3/c1-4-5-14-10-18(25)21(22(14)26)20-17(24)9-15(11-19(20)27-3)13-6-7-16(23)12(2)8-13/h1,6-9,11-12,14,16,21H,5,10H2,2-3H3. The third kappa shape index (κ3) is 3.70. The van der Waals surface area contributed by atoms with Crippen molar-refractivity contribution in [3.05, 3.63) is 46.5 Å². The zero-order valence-electron chi connectivity index (χ0n) is 15.2. The van der Waals surface area contributed by atoms with Gasteiger partial charge in [-0.3, -0.25) is 9.59 Å². The van der Waals surface area contributed by atoms with Gasteiger partial charge in [0.1, 0.15) is 17.5 Å². The molecule has 5 heteroatoms. The maximum Gasteiger partial charge on any atom is 0.152 e. The first kappa shape index (κ1) is 19.7. The van der Waals surface area contributed by atoms with E-state index in [1.807, 2.05) is 25.1 Å². The highest BCUT2D eigenvalue weighted by molar-refractivity contribution is 6.33.